The predicted molar refractivity (Wildman–Crippen MR) is 493 cm³/mol. The van der Waals surface area contributed by atoms with E-state index in [9.17, 15) is 57.5 Å². The van der Waals surface area contributed by atoms with Gasteiger partial charge in [0, 0.05) is 267 Å². The van der Waals surface area contributed by atoms with E-state index in [2.05, 4.69) is 145 Å². The van der Waals surface area contributed by atoms with Crippen LogP contribution in [0.4, 0.5) is 88.1 Å². The Morgan fingerprint density at radius 3 is 1.29 bits per heavy atom. The van der Waals surface area contributed by atoms with E-state index in [0.29, 0.717) is 45.4 Å². The molecule has 0 saturated carbocycles. The first-order valence-electron chi connectivity index (χ1n) is 28.8. The van der Waals surface area contributed by atoms with Crippen LogP contribution >= 0.6 is 27.7 Å². The number of hydrogen-bond donors (Lipinski definition) is 7. The number of imidazole rings is 1. The Kier molecular flexibility index (Phi) is 65.9. The summed E-state index contributed by atoms with van der Waals surface area (Å²) in [4.78, 5) is 43.2. The summed E-state index contributed by atoms with van der Waals surface area (Å²) >= 11 is 22.6. The summed E-state index contributed by atoms with van der Waals surface area (Å²) in [5, 5.41) is 41.5. The van der Waals surface area contributed by atoms with Gasteiger partial charge in [-0.25, -0.2) is 15.8 Å². The van der Waals surface area contributed by atoms with Crippen LogP contribution in [-0.4, -0.2) is 107 Å². The Hall–Kier alpha value is -3.39. The van der Waals surface area contributed by atoms with Gasteiger partial charge in [0.2, 0.25) is 29.5 Å². The first kappa shape index (κ1) is 119. The molecule has 0 aliphatic carbocycles. The van der Waals surface area contributed by atoms with Gasteiger partial charge in [-0.05, 0) is 129 Å². The summed E-state index contributed by atoms with van der Waals surface area (Å²) in [5.41, 5.74) is 22.7. The van der Waals surface area contributed by atoms with Gasteiger partial charge in [0.05, 0.1) is 29.1 Å². The van der Waals surface area contributed by atoms with E-state index in [0.717, 1.165) is 52.7 Å². The number of aliphatic imine (C=N–C) groups is 1. The number of thioether (sulfide) groups is 1. The van der Waals surface area contributed by atoms with Crippen LogP contribution in [0.25, 0.3) is 45.4 Å². The molecule has 0 aliphatic rings. The van der Waals surface area contributed by atoms with Gasteiger partial charge in [-0.3, -0.25) is 25.3 Å². The van der Waals surface area contributed by atoms with E-state index < -0.39 is 37.1 Å². The number of nitrogen functional groups attached to an aromatic ring is 4. The molecule has 6 aromatic heterocycles. The number of amides is 1. The van der Waals surface area contributed by atoms with Gasteiger partial charge in [0.1, 0.15) is 39.2 Å². The normalized spacial score (nSPS) is 10.0. The molecule has 4 aromatic carbocycles. The fourth-order valence-electron chi connectivity index (χ4n) is 6.62. The Morgan fingerprint density at radius 1 is 0.590 bits per heavy atom. The molecular weight excluding hydrogens is 2240 g/mol. The second-order valence-electron chi connectivity index (χ2n) is 18.2. The number of aromatic nitrogens is 10. The molecule has 30 nitrogen and oxygen atoms in total. The zero-order valence-electron chi connectivity index (χ0n) is 61.5. The SMILES string of the molecule is COc1nccc(N)c1N.CSC(C)=Nc1nnc(-c2ccc(OC(F)(F)F)cc2)o1.Cc1nccc2[nH]c(Nc3nnc(-c4ccc(OC(F)(F)F)cc4)o3)nc12.N#CBr.NNC(=O)c1ccc(OC(F)(F)F)cc1.Nc1nnc(-c2ccc(OC(F)(F)F)cc2)o1.O=CO[O-].S=S=S=S=S=S=S=S=S=S=S.S=S=S=S=S=S=S=S=S=S=S=S.[H-].[HH].[HH].[K+].[K+]. The maximum atomic E-state index is 12.2. The van der Waals surface area contributed by atoms with Gasteiger partial charge >= 0.3 is 146 Å². The number of fused-ring (bicyclic) bond motifs is 1. The van der Waals surface area contributed by atoms with Crippen LogP contribution in [0, 0.1) is 17.2 Å². The maximum Gasteiger partial charge on any atom is 1.00 e. The van der Waals surface area contributed by atoms with Crippen molar-refractivity contribution in [2.45, 2.75) is 39.3 Å². The van der Waals surface area contributed by atoms with Crippen molar-refractivity contribution in [1.29, 1.82) is 5.26 Å². The monoisotopic (exact) mass is 2280 g/mol. The van der Waals surface area contributed by atoms with E-state index in [-0.39, 0.29) is 172 Å². The molecule has 0 radical (unpaired) electrons. The summed E-state index contributed by atoms with van der Waals surface area (Å²) in [7, 11) is 32.3. The van der Waals surface area contributed by atoms with Crippen molar-refractivity contribution in [3.63, 3.8) is 0 Å². The van der Waals surface area contributed by atoms with Gasteiger partial charge < -0.3 is 70.7 Å². The zero-order chi connectivity index (χ0) is 89.5. The third kappa shape index (κ3) is 55.5. The largest absolute Gasteiger partial charge is 1.00 e. The number of methoxy groups -OCH3 is 1. The van der Waals surface area contributed by atoms with Crippen LogP contribution in [-0.2, 0) is 223 Å². The van der Waals surface area contributed by atoms with E-state index in [4.69, 9.17) is 56.3 Å². The third-order valence-electron chi connectivity index (χ3n) is 10.8. The molecule has 0 spiro atoms. The fraction of sp³-hybridized carbons (Fsp3) is 0.151. The predicted octanol–water partition coefficient (Wildman–Crippen LogP) is 5.52. The number of carbonyl (C=O) groups excluding carboxylic acids is 2. The molecular formula is C53H49BrF12K2N18O12S24. The first-order chi connectivity index (χ1) is 57.0. The molecule has 1 amide bonds. The van der Waals surface area contributed by atoms with Gasteiger partial charge in [0.25, 0.3) is 12.4 Å². The van der Waals surface area contributed by atoms with Crippen LogP contribution in [0.15, 0.2) is 140 Å². The zero-order valence-corrected chi connectivity index (χ0v) is 87.9. The average molecular weight is 2290 g/mol. The molecule has 10 rings (SSSR count). The number of benzene rings is 4. The Balaban J connectivity index is -0.000000686. The van der Waals surface area contributed by atoms with E-state index >= 15 is 0 Å². The van der Waals surface area contributed by atoms with Crippen LogP contribution < -0.4 is 165 Å². The molecule has 11 N–H and O–H groups in total. The van der Waals surface area contributed by atoms with Crippen molar-refractivity contribution >= 4 is 305 Å². The van der Waals surface area contributed by atoms with Crippen molar-refractivity contribution in [3.8, 4) is 68.2 Å². The van der Waals surface area contributed by atoms with Crippen LogP contribution in [0.3, 0.4) is 0 Å². The van der Waals surface area contributed by atoms with Gasteiger partial charge in [-0.1, -0.05) is 15.3 Å². The number of halogens is 13. The maximum absolute atomic E-state index is 12.2. The molecule has 10 aromatic rings. The van der Waals surface area contributed by atoms with Gasteiger partial charge in [0.15, 0.2) is 0 Å². The van der Waals surface area contributed by atoms with Gasteiger partial charge in [-0.2, -0.15) is 10.3 Å². The molecule has 0 fully saturated rings. The number of ether oxygens (including phenoxy) is 5. The number of nitrogens with zero attached hydrogens (tertiary/aromatic N) is 11. The summed E-state index contributed by atoms with van der Waals surface area (Å²) in [6.45, 7) is 3.45. The molecule has 6 heterocycles. The number of nitrogens with two attached hydrogens (primary N) is 4. The molecule has 0 atom stereocenters. The number of nitrogens with one attached hydrogen (secondary N) is 3. The number of rotatable bonds is 13. The molecule has 660 valence electrons. The number of hydrazine groups is 1. The van der Waals surface area contributed by atoms with Crippen molar-refractivity contribution in [3.05, 3.63) is 133 Å². The summed E-state index contributed by atoms with van der Waals surface area (Å²) in [6.07, 6.45) is -13.8. The molecule has 0 bridgehead atoms. The van der Waals surface area contributed by atoms with Crippen LogP contribution in [0.5, 0.6) is 28.9 Å². The van der Waals surface area contributed by atoms with Crippen molar-refractivity contribution < 1.29 is 216 Å². The molecule has 0 saturated heterocycles. The van der Waals surface area contributed by atoms with Crippen molar-refractivity contribution in [2.75, 3.05) is 35.9 Å². The molecule has 0 aliphatic heterocycles. The Bertz CT molecular complexity index is 5900. The van der Waals surface area contributed by atoms with E-state index in [1.807, 2.05) is 18.6 Å². The third-order valence-corrected chi connectivity index (χ3v) is 49.3. The minimum Gasteiger partial charge on any atom is -1.00 e. The number of H-pyrrole nitrogens is 1. The van der Waals surface area contributed by atoms with Crippen LogP contribution in [0.1, 0.15) is 27.3 Å². The Morgan fingerprint density at radius 2 is 0.951 bits per heavy atom. The first-order valence-corrected chi connectivity index (χ1v) is 58.9. The Labute approximate surface area is 856 Å². The minimum atomic E-state index is -4.75. The number of pyridine rings is 2. The minimum absolute atomic E-state index is 0. The molecule has 69 heteroatoms. The number of hydrogen-bond acceptors (Lipinski definition) is 33. The van der Waals surface area contributed by atoms with Crippen LogP contribution in [0.2, 0.25) is 0 Å². The molecule has 0 unspecified atom stereocenters. The van der Waals surface area contributed by atoms with Crippen molar-refractivity contribution in [1.82, 2.24) is 56.0 Å². The summed E-state index contributed by atoms with van der Waals surface area (Å²) < 4.78 is 179. The smallest absolute Gasteiger partial charge is 1.00 e. The average Bonchev–Trinajstić information content (AvgIpc) is 1.67. The van der Waals surface area contributed by atoms with E-state index in [1.165, 1.54) is 115 Å². The number of aryl methyl sites for hydroxylation is 1. The second-order valence-corrected chi connectivity index (χ2v) is 53.2. The summed E-state index contributed by atoms with van der Waals surface area (Å²) in [6, 6.07) is 23.1. The van der Waals surface area contributed by atoms with E-state index in [1.54, 1.807) is 170 Å². The number of aromatic amines is 1. The number of anilines is 5. The quantitative estimate of drug-likeness (QED) is 0.00859. The van der Waals surface area contributed by atoms with Gasteiger partial charge in [-0.15, -0.1) is 79.7 Å². The number of alkyl halides is 12. The molecule has 122 heavy (non-hydrogen) atoms. The topological polar surface area (TPSA) is 448 Å². The fourth-order valence-corrected chi connectivity index (χ4v) is 48.0. The standard InChI is InChI=1S/C16H11F3N6O2.C12H10F3N3O2S.C9H6F3N3O2.C8H7F3N2O2.C6H9N3O.CBrN.CH2O3.2K.S12.S11.2H2.H/c1-8-12-11(6-7-20-8)21-14(22-12)23-15-25-24-13(26-15)9-2-4-10(5-3-9)27-16(17,18)19;1-7(21-2)16-11-18-17-10(19-11)8-3-5-9(6-4-8)20-12(13,14)15;10-9(11,12)17-6-3-1-5(2-4-6)7-14-15-8(13)16-7;9-8(10,11)15-6-3-1-5(2-4-6)7(14)13-12;1-10-6-5(8)4(7)2-3-9-6;2-1-3;2-1-4-3;;;1-3-5-7-9-11-12-10-8-6-4-2;1-3-5-7-9-11-10-8-6-4-2;;;/h2-7H,1H3,(H2,21,22,23,25);3-6H,1-2H3;1-4H,(H2,13,15);1-4H,12H2,(H,13,14);2-3H,8H2,1H3,(H2,7,9);;1,3H;;;;;2*1H;/q;;;;;;;2*+1;;;;;-1/p-1. The number of nitriles is 1. The second kappa shape index (κ2) is 67.8. The summed E-state index contributed by atoms with van der Waals surface area (Å²) in [5.74, 6) is 4.06. The number of carbonyl (C=O) groups is 2. The van der Waals surface area contributed by atoms with Crippen molar-refractivity contribution in [2.24, 2.45) is 10.8 Å².